The van der Waals surface area contributed by atoms with E-state index in [2.05, 4.69) is 0 Å². The maximum atomic E-state index is 12.2. The normalized spacial score (nSPS) is 16.4. The van der Waals surface area contributed by atoms with Crippen LogP contribution in [-0.2, 0) is 9.59 Å². The van der Waals surface area contributed by atoms with E-state index >= 15 is 0 Å². The fourth-order valence-electron chi connectivity index (χ4n) is 2.36. The number of carbonyl (C=O) groups excluding carboxylic acids is 2. The highest BCUT2D eigenvalue weighted by molar-refractivity contribution is 6.30. The number of nitrogens with zero attached hydrogens (tertiary/aromatic N) is 1. The van der Waals surface area contributed by atoms with E-state index in [1.165, 1.54) is 6.08 Å². The number of halogens is 4. The predicted octanol–water partition coefficient (Wildman–Crippen LogP) is 3.02. The highest BCUT2D eigenvalue weighted by Crippen LogP contribution is 2.17. The maximum Gasteiger partial charge on any atom is 0.471 e. The van der Waals surface area contributed by atoms with Crippen molar-refractivity contribution in [3.05, 3.63) is 40.9 Å². The topological polar surface area (TPSA) is 49.4 Å². The summed E-state index contributed by atoms with van der Waals surface area (Å²) in [4.78, 5) is 24.5. The summed E-state index contributed by atoms with van der Waals surface area (Å²) in [5.41, 5.74) is 0.820. The number of alkyl halides is 3. The van der Waals surface area contributed by atoms with Gasteiger partial charge < -0.3 is 10.2 Å². The van der Waals surface area contributed by atoms with Gasteiger partial charge >= 0.3 is 12.1 Å². The lowest BCUT2D eigenvalue weighted by Crippen LogP contribution is -2.49. The molecule has 0 atom stereocenters. The first-order valence-corrected chi connectivity index (χ1v) is 7.74. The molecule has 1 N–H and O–H groups in total. The van der Waals surface area contributed by atoms with Gasteiger partial charge in [-0.25, -0.2) is 0 Å². The zero-order valence-corrected chi connectivity index (χ0v) is 13.4. The van der Waals surface area contributed by atoms with Crippen molar-refractivity contribution < 1.29 is 22.8 Å². The van der Waals surface area contributed by atoms with Crippen LogP contribution in [0.3, 0.4) is 0 Å². The fraction of sp³-hybridized carbons (Fsp3) is 0.375. The van der Waals surface area contributed by atoms with Gasteiger partial charge in [-0.1, -0.05) is 23.7 Å². The number of hydrogen-bond donors (Lipinski definition) is 1. The summed E-state index contributed by atoms with van der Waals surface area (Å²) in [6.07, 6.45) is -1.23. The molecular formula is C16H16ClF3N2O2. The smallest absolute Gasteiger partial charge is 0.345 e. The lowest BCUT2D eigenvalue weighted by Gasteiger charge is -2.31. The second-order valence-electron chi connectivity index (χ2n) is 5.46. The minimum Gasteiger partial charge on any atom is -0.345 e. The molecule has 2 rings (SSSR count). The molecule has 0 bridgehead atoms. The second-order valence-corrected chi connectivity index (χ2v) is 5.89. The Labute approximate surface area is 142 Å². The number of carbonyl (C=O) groups is 2. The summed E-state index contributed by atoms with van der Waals surface area (Å²) < 4.78 is 36.6. The van der Waals surface area contributed by atoms with Crippen LogP contribution < -0.4 is 5.32 Å². The molecule has 0 aromatic heterocycles. The molecule has 0 radical (unpaired) electrons. The van der Waals surface area contributed by atoms with Crippen molar-refractivity contribution >= 4 is 29.5 Å². The third-order valence-electron chi connectivity index (χ3n) is 3.69. The van der Waals surface area contributed by atoms with Gasteiger partial charge in [0.25, 0.3) is 0 Å². The Bertz CT molecular complexity index is 621. The van der Waals surface area contributed by atoms with Gasteiger partial charge in [-0.05, 0) is 36.6 Å². The lowest BCUT2D eigenvalue weighted by molar-refractivity contribution is -0.174. The van der Waals surface area contributed by atoms with Gasteiger partial charge in [0.15, 0.2) is 0 Å². The Morgan fingerprint density at radius 3 is 2.29 bits per heavy atom. The Kier molecular flexibility index (Phi) is 5.88. The van der Waals surface area contributed by atoms with E-state index in [0.29, 0.717) is 31.0 Å². The van der Waals surface area contributed by atoms with Gasteiger partial charge in [-0.3, -0.25) is 9.59 Å². The van der Waals surface area contributed by atoms with Crippen LogP contribution in [0.2, 0.25) is 5.02 Å². The van der Waals surface area contributed by atoms with E-state index in [9.17, 15) is 22.8 Å². The molecule has 8 heteroatoms. The molecule has 0 aliphatic carbocycles. The molecule has 1 aliphatic heterocycles. The third kappa shape index (κ3) is 5.26. The Hall–Kier alpha value is -2.02. The van der Waals surface area contributed by atoms with E-state index in [4.69, 9.17) is 11.6 Å². The molecule has 0 unspecified atom stereocenters. The number of hydrogen-bond acceptors (Lipinski definition) is 2. The van der Waals surface area contributed by atoms with Crippen molar-refractivity contribution in [1.82, 2.24) is 10.2 Å². The highest BCUT2D eigenvalue weighted by Gasteiger charge is 2.40. The van der Waals surface area contributed by atoms with Gasteiger partial charge in [0.1, 0.15) is 0 Å². The number of nitrogens with one attached hydrogen (secondary N) is 1. The van der Waals surface area contributed by atoms with Crippen molar-refractivity contribution in [1.29, 1.82) is 0 Å². The molecule has 130 valence electrons. The summed E-state index contributed by atoms with van der Waals surface area (Å²) in [5.74, 6) is -2.15. The Balaban J connectivity index is 1.82. The van der Waals surface area contributed by atoms with Gasteiger partial charge in [-0.15, -0.1) is 0 Å². The fourth-order valence-corrected chi connectivity index (χ4v) is 2.48. The van der Waals surface area contributed by atoms with Gasteiger partial charge in [-0.2, -0.15) is 13.2 Å². The minimum atomic E-state index is -4.88. The number of rotatable bonds is 3. The number of piperidine rings is 1. The van der Waals surface area contributed by atoms with Gasteiger partial charge in [0.05, 0.1) is 0 Å². The van der Waals surface area contributed by atoms with E-state index in [1.54, 1.807) is 35.2 Å². The molecule has 0 spiro atoms. The molecule has 1 fully saturated rings. The van der Waals surface area contributed by atoms with Crippen molar-refractivity contribution in [3.8, 4) is 0 Å². The zero-order valence-electron chi connectivity index (χ0n) is 12.6. The molecule has 24 heavy (non-hydrogen) atoms. The van der Waals surface area contributed by atoms with Gasteiger partial charge in [0, 0.05) is 30.2 Å². The molecule has 0 saturated carbocycles. The van der Waals surface area contributed by atoms with Crippen LogP contribution in [0.5, 0.6) is 0 Å². The predicted molar refractivity (Wildman–Crippen MR) is 84.3 cm³/mol. The van der Waals surface area contributed by atoms with Crippen molar-refractivity contribution in [3.63, 3.8) is 0 Å². The number of amides is 2. The van der Waals surface area contributed by atoms with Crippen molar-refractivity contribution in [2.45, 2.75) is 25.1 Å². The summed E-state index contributed by atoms with van der Waals surface area (Å²) in [6, 6.07) is 6.39. The molecule has 1 heterocycles. The molecule has 4 nitrogen and oxygen atoms in total. The van der Waals surface area contributed by atoms with E-state index in [0.717, 1.165) is 5.56 Å². The summed E-state index contributed by atoms with van der Waals surface area (Å²) in [6.45, 7) is 0.596. The van der Waals surface area contributed by atoms with Crippen LogP contribution >= 0.6 is 11.6 Å². The van der Waals surface area contributed by atoms with Crippen LogP contribution in [-0.4, -0.2) is 42.0 Å². The summed E-state index contributed by atoms with van der Waals surface area (Å²) >= 11 is 5.77. The molecule has 2 amide bonds. The average Bonchev–Trinajstić information content (AvgIpc) is 2.54. The number of benzene rings is 1. The molecule has 1 aromatic carbocycles. The minimum absolute atomic E-state index is 0.217. The number of likely N-dealkylation sites (tertiary alicyclic amines) is 1. The average molecular weight is 361 g/mol. The SMILES string of the molecule is O=C(/C=C/c1ccc(Cl)cc1)N1CCC(NC(=O)C(F)(F)F)CC1. The maximum absolute atomic E-state index is 12.2. The van der Waals surface area contributed by atoms with E-state index in [1.807, 2.05) is 5.32 Å². The molecular weight excluding hydrogens is 345 g/mol. The third-order valence-corrected chi connectivity index (χ3v) is 3.94. The Morgan fingerprint density at radius 2 is 1.75 bits per heavy atom. The Morgan fingerprint density at radius 1 is 1.17 bits per heavy atom. The van der Waals surface area contributed by atoms with E-state index < -0.39 is 18.1 Å². The van der Waals surface area contributed by atoms with Crippen molar-refractivity contribution in [2.24, 2.45) is 0 Å². The van der Waals surface area contributed by atoms with Crippen LogP contribution in [0.1, 0.15) is 18.4 Å². The summed E-state index contributed by atoms with van der Waals surface area (Å²) in [7, 11) is 0. The first-order valence-electron chi connectivity index (χ1n) is 7.36. The van der Waals surface area contributed by atoms with Gasteiger partial charge in [0.2, 0.25) is 5.91 Å². The van der Waals surface area contributed by atoms with Crippen LogP contribution in [0.4, 0.5) is 13.2 Å². The van der Waals surface area contributed by atoms with E-state index in [-0.39, 0.29) is 5.91 Å². The molecule has 1 aromatic rings. The monoisotopic (exact) mass is 360 g/mol. The largest absolute Gasteiger partial charge is 0.471 e. The van der Waals surface area contributed by atoms with Crippen LogP contribution in [0.15, 0.2) is 30.3 Å². The molecule has 1 aliphatic rings. The second kappa shape index (κ2) is 7.70. The first kappa shape index (κ1) is 18.3. The van der Waals surface area contributed by atoms with Crippen LogP contribution in [0.25, 0.3) is 6.08 Å². The quantitative estimate of drug-likeness (QED) is 0.842. The standard InChI is InChI=1S/C16H16ClF3N2O2/c17-12-4-1-11(2-5-12)3-6-14(23)22-9-7-13(8-10-22)21-15(24)16(18,19)20/h1-6,13H,7-10H2,(H,21,24)/b6-3+. The van der Waals surface area contributed by atoms with Crippen LogP contribution in [0, 0.1) is 0 Å². The lowest BCUT2D eigenvalue weighted by atomic mass is 10.0. The highest BCUT2D eigenvalue weighted by atomic mass is 35.5. The molecule has 1 saturated heterocycles. The zero-order chi connectivity index (χ0) is 17.7. The summed E-state index contributed by atoms with van der Waals surface area (Å²) in [5, 5.41) is 2.55. The van der Waals surface area contributed by atoms with Crippen molar-refractivity contribution in [2.75, 3.05) is 13.1 Å². The first-order chi connectivity index (χ1) is 11.3.